The van der Waals surface area contributed by atoms with Crippen LogP contribution in [-0.2, 0) is 16.6 Å². The van der Waals surface area contributed by atoms with E-state index in [9.17, 15) is 9.18 Å². The molecular formula is C25H27FN2O. The van der Waals surface area contributed by atoms with E-state index in [1.54, 1.807) is 12.1 Å². The Bertz CT molecular complexity index is 952. The number of fused-ring (bicyclic) bond motifs is 1. The topological polar surface area (TPSA) is 53.2 Å². The average molecular weight is 391 g/mol. The second-order valence-electron chi connectivity index (χ2n) is 8.45. The predicted molar refractivity (Wildman–Crippen MR) is 114 cm³/mol. The van der Waals surface area contributed by atoms with Gasteiger partial charge in [0.1, 0.15) is 11.6 Å². The molecule has 0 spiro atoms. The summed E-state index contributed by atoms with van der Waals surface area (Å²) in [5.41, 5.74) is 4.59. The number of Topliss-reactive ketones (excluding diaryl/α,β-unsaturated/α-hetero) is 1. The Kier molecular flexibility index (Phi) is 6.59. The number of aliphatic imine (C=N–C) groups is 1. The van der Waals surface area contributed by atoms with E-state index in [4.69, 9.17) is 10.3 Å². The Morgan fingerprint density at radius 3 is 2.66 bits per heavy atom. The monoisotopic (exact) mass is 390 g/mol. The Morgan fingerprint density at radius 2 is 1.93 bits per heavy atom. The summed E-state index contributed by atoms with van der Waals surface area (Å²) in [6, 6.07) is 14.3. The zero-order valence-electron chi connectivity index (χ0n) is 17.2. The number of rotatable bonds is 7. The normalized spacial score (nSPS) is 13.8. The molecule has 1 aliphatic heterocycles. The lowest BCUT2D eigenvalue weighted by Gasteiger charge is -2.24. The first-order valence-electron chi connectivity index (χ1n) is 10.2. The summed E-state index contributed by atoms with van der Waals surface area (Å²) in [7, 11) is 0. The summed E-state index contributed by atoms with van der Waals surface area (Å²) in [5.74, 6) is -0.0296. The van der Waals surface area contributed by atoms with E-state index in [1.807, 2.05) is 32.0 Å². The van der Waals surface area contributed by atoms with Gasteiger partial charge in [0.05, 0.1) is 17.3 Å². The van der Waals surface area contributed by atoms with Crippen LogP contribution < -0.4 is 0 Å². The lowest BCUT2D eigenvalue weighted by molar-refractivity contribution is -0.120. The molecule has 1 heterocycles. The molecule has 0 aliphatic carbocycles. The van der Waals surface area contributed by atoms with Gasteiger partial charge in [-0.1, -0.05) is 26.0 Å². The summed E-state index contributed by atoms with van der Waals surface area (Å²) >= 11 is 0. The third-order valence-corrected chi connectivity index (χ3v) is 5.58. The van der Waals surface area contributed by atoms with Crippen LogP contribution in [0.5, 0.6) is 0 Å². The minimum Gasteiger partial charge on any atom is -0.300 e. The van der Waals surface area contributed by atoms with Gasteiger partial charge in [-0.25, -0.2) is 4.39 Å². The first kappa shape index (κ1) is 20.9. The molecule has 2 aromatic carbocycles. The molecule has 0 unspecified atom stereocenters. The fraction of sp³-hybridized carbons (Fsp3) is 0.400. The molecule has 3 nitrogen and oxygen atoms in total. The molecular weight excluding hydrogens is 363 g/mol. The molecule has 1 aliphatic rings. The standard InChI is InChI=1S/C25H27FN2O/c1-25(2,20-10-12-21(26)13-11-20)16-23(29)8-4-7-22-6-3-5-19-15-18(17-27)9-14-24(19)28-22/h9-15H,3-8,16H2,1-2H3. The number of nitriles is 1. The molecule has 150 valence electrons. The van der Waals surface area contributed by atoms with Crippen LogP contribution in [0.25, 0.3) is 0 Å². The van der Waals surface area contributed by atoms with Crippen molar-refractivity contribution in [1.82, 2.24) is 0 Å². The van der Waals surface area contributed by atoms with Gasteiger partial charge >= 0.3 is 0 Å². The van der Waals surface area contributed by atoms with E-state index < -0.39 is 0 Å². The number of nitrogens with zero attached hydrogens (tertiary/aromatic N) is 2. The zero-order valence-corrected chi connectivity index (χ0v) is 17.2. The molecule has 0 saturated carbocycles. The van der Waals surface area contributed by atoms with E-state index in [0.717, 1.165) is 54.6 Å². The van der Waals surface area contributed by atoms with Gasteiger partial charge in [0.15, 0.2) is 0 Å². The van der Waals surface area contributed by atoms with Crippen LogP contribution in [0.15, 0.2) is 47.5 Å². The second-order valence-corrected chi connectivity index (χ2v) is 8.45. The molecule has 0 aromatic heterocycles. The molecule has 4 heteroatoms. The summed E-state index contributed by atoms with van der Waals surface area (Å²) < 4.78 is 13.1. The van der Waals surface area contributed by atoms with Gasteiger partial charge in [-0.2, -0.15) is 5.26 Å². The van der Waals surface area contributed by atoms with Crippen molar-refractivity contribution in [3.63, 3.8) is 0 Å². The highest BCUT2D eigenvalue weighted by molar-refractivity contribution is 5.88. The maximum absolute atomic E-state index is 13.1. The molecule has 2 aromatic rings. The SMILES string of the molecule is CC(C)(CC(=O)CCCC1=Nc2ccc(C#N)cc2CCC1)c1ccc(F)cc1. The molecule has 0 bridgehead atoms. The van der Waals surface area contributed by atoms with Crippen LogP contribution in [0.3, 0.4) is 0 Å². The number of carbonyl (C=O) groups is 1. The van der Waals surface area contributed by atoms with Crippen LogP contribution in [0.4, 0.5) is 10.1 Å². The van der Waals surface area contributed by atoms with E-state index in [-0.39, 0.29) is 17.0 Å². The number of benzene rings is 2. The van der Waals surface area contributed by atoms with Crippen molar-refractivity contribution in [2.75, 3.05) is 0 Å². The third-order valence-electron chi connectivity index (χ3n) is 5.58. The van der Waals surface area contributed by atoms with Gasteiger partial charge in [0.25, 0.3) is 0 Å². The lowest BCUT2D eigenvalue weighted by atomic mass is 9.79. The summed E-state index contributed by atoms with van der Waals surface area (Å²) in [5, 5.41) is 9.06. The van der Waals surface area contributed by atoms with E-state index in [0.29, 0.717) is 18.4 Å². The van der Waals surface area contributed by atoms with Crippen molar-refractivity contribution < 1.29 is 9.18 Å². The molecule has 29 heavy (non-hydrogen) atoms. The van der Waals surface area contributed by atoms with Gasteiger partial charge in [0.2, 0.25) is 0 Å². The molecule has 0 fully saturated rings. The maximum atomic E-state index is 13.1. The van der Waals surface area contributed by atoms with Gasteiger partial charge in [-0.05, 0) is 79.0 Å². The minimum absolute atomic E-state index is 0.229. The lowest BCUT2D eigenvalue weighted by Crippen LogP contribution is -2.22. The number of halogens is 1. The largest absolute Gasteiger partial charge is 0.300 e. The zero-order chi connectivity index (χ0) is 20.9. The second kappa shape index (κ2) is 9.13. The van der Waals surface area contributed by atoms with Crippen molar-refractivity contribution in [3.8, 4) is 6.07 Å². The molecule has 3 rings (SSSR count). The van der Waals surface area contributed by atoms with Crippen LogP contribution in [0, 0.1) is 17.1 Å². The highest BCUT2D eigenvalue weighted by atomic mass is 19.1. The Morgan fingerprint density at radius 1 is 1.17 bits per heavy atom. The third kappa shape index (κ3) is 5.60. The van der Waals surface area contributed by atoms with Crippen LogP contribution in [0.2, 0.25) is 0 Å². The molecule has 0 radical (unpaired) electrons. The van der Waals surface area contributed by atoms with Crippen LogP contribution in [0.1, 0.15) is 69.1 Å². The highest BCUT2D eigenvalue weighted by Gasteiger charge is 2.24. The average Bonchev–Trinajstić information content (AvgIpc) is 2.89. The summed E-state index contributed by atoms with van der Waals surface area (Å²) in [4.78, 5) is 17.3. The quantitative estimate of drug-likeness (QED) is 0.564. The van der Waals surface area contributed by atoms with Gasteiger partial charge in [-0.15, -0.1) is 0 Å². The number of hydrogen-bond donors (Lipinski definition) is 0. The Balaban J connectivity index is 1.55. The smallest absolute Gasteiger partial charge is 0.133 e. The fourth-order valence-electron chi connectivity index (χ4n) is 3.93. The van der Waals surface area contributed by atoms with Gasteiger partial charge < -0.3 is 0 Å². The number of hydrogen-bond acceptors (Lipinski definition) is 3. The molecule has 0 amide bonds. The Hall–Kier alpha value is -2.80. The van der Waals surface area contributed by atoms with Crippen LogP contribution in [-0.4, -0.2) is 11.5 Å². The number of ketones is 1. The number of aryl methyl sites for hydroxylation is 1. The van der Waals surface area contributed by atoms with Crippen molar-refractivity contribution in [1.29, 1.82) is 5.26 Å². The van der Waals surface area contributed by atoms with Crippen LogP contribution >= 0.6 is 0 Å². The van der Waals surface area contributed by atoms with Crippen molar-refractivity contribution in [2.45, 2.75) is 64.2 Å². The summed E-state index contributed by atoms with van der Waals surface area (Å²) in [6.07, 6.45) is 5.49. The maximum Gasteiger partial charge on any atom is 0.133 e. The predicted octanol–water partition coefficient (Wildman–Crippen LogP) is 6.21. The van der Waals surface area contributed by atoms with Crippen molar-refractivity contribution >= 4 is 17.2 Å². The van der Waals surface area contributed by atoms with Gasteiger partial charge in [0, 0.05) is 18.6 Å². The highest BCUT2D eigenvalue weighted by Crippen LogP contribution is 2.29. The van der Waals surface area contributed by atoms with Crippen molar-refractivity contribution in [2.24, 2.45) is 4.99 Å². The van der Waals surface area contributed by atoms with Crippen molar-refractivity contribution in [3.05, 3.63) is 65.0 Å². The molecule has 0 atom stereocenters. The number of carbonyl (C=O) groups excluding carboxylic acids is 1. The first-order chi connectivity index (χ1) is 13.9. The van der Waals surface area contributed by atoms with E-state index in [2.05, 4.69) is 6.07 Å². The molecule has 0 N–H and O–H groups in total. The fourth-order valence-corrected chi connectivity index (χ4v) is 3.93. The summed E-state index contributed by atoms with van der Waals surface area (Å²) in [6.45, 7) is 4.06. The Labute approximate surface area is 172 Å². The van der Waals surface area contributed by atoms with Gasteiger partial charge in [-0.3, -0.25) is 9.79 Å². The first-order valence-corrected chi connectivity index (χ1v) is 10.2. The van der Waals surface area contributed by atoms with E-state index in [1.165, 1.54) is 12.1 Å². The minimum atomic E-state index is -0.304. The molecule has 0 saturated heterocycles. The van der Waals surface area contributed by atoms with E-state index >= 15 is 0 Å².